The lowest BCUT2D eigenvalue weighted by Gasteiger charge is -2.34. The number of hydrogen-bond donors (Lipinski definition) is 1. The molecule has 1 aromatic carbocycles. The minimum Gasteiger partial charge on any atom is -0.475 e. The molecule has 0 aliphatic carbocycles. The highest BCUT2D eigenvalue weighted by Gasteiger charge is 2.26. The lowest BCUT2D eigenvalue weighted by Crippen LogP contribution is -2.39. The molecule has 5 heteroatoms. The third-order valence-electron chi connectivity index (χ3n) is 3.77. The van der Waals surface area contributed by atoms with Gasteiger partial charge in [-0.1, -0.05) is 32.0 Å². The molecule has 1 aromatic heterocycles. The van der Waals surface area contributed by atoms with Crippen LogP contribution in [0.4, 0.5) is 0 Å². The van der Waals surface area contributed by atoms with Crippen LogP contribution >= 0.6 is 11.8 Å². The number of carbonyl (C=O) groups is 1. The molecule has 3 rings (SSSR count). The number of carboxylic acid groups (broad SMARTS) is 1. The van der Waals surface area contributed by atoms with E-state index in [2.05, 4.69) is 18.7 Å². The second kappa shape index (κ2) is 5.73. The highest BCUT2D eigenvalue weighted by atomic mass is 32.2. The summed E-state index contributed by atoms with van der Waals surface area (Å²) in [6.45, 7) is 7.03. The molecule has 0 amide bonds. The first-order valence-electron chi connectivity index (χ1n) is 7.16. The number of nitrogens with zero attached hydrogens (tertiary/aromatic N) is 1. The van der Waals surface area contributed by atoms with Crippen LogP contribution in [0.15, 0.2) is 28.7 Å². The van der Waals surface area contributed by atoms with Crippen molar-refractivity contribution in [3.05, 3.63) is 35.6 Å². The third-order valence-corrected chi connectivity index (χ3v) is 5.00. The Balaban J connectivity index is 1.95. The molecule has 1 fully saturated rings. The van der Waals surface area contributed by atoms with E-state index in [1.54, 1.807) is 0 Å². The number of carboxylic acids is 1. The van der Waals surface area contributed by atoms with Gasteiger partial charge in [0.15, 0.2) is 0 Å². The van der Waals surface area contributed by atoms with Gasteiger partial charge in [0.25, 0.3) is 0 Å². The normalized spacial score (nSPS) is 23.5. The average molecular weight is 305 g/mol. The maximum atomic E-state index is 11.4. The van der Waals surface area contributed by atoms with Crippen molar-refractivity contribution in [3.63, 3.8) is 0 Å². The summed E-state index contributed by atoms with van der Waals surface area (Å²) >= 11 is 1.99. The van der Waals surface area contributed by atoms with E-state index in [1.165, 1.54) is 0 Å². The number of rotatable bonds is 3. The smallest absolute Gasteiger partial charge is 0.372 e. The number of benzene rings is 1. The molecule has 0 spiro atoms. The molecule has 0 saturated carbocycles. The summed E-state index contributed by atoms with van der Waals surface area (Å²) in [5, 5.41) is 11.4. The van der Waals surface area contributed by atoms with Crippen molar-refractivity contribution >= 4 is 28.7 Å². The van der Waals surface area contributed by atoms with Crippen LogP contribution in [0.3, 0.4) is 0 Å². The molecule has 1 aliphatic rings. The first kappa shape index (κ1) is 14.5. The summed E-state index contributed by atoms with van der Waals surface area (Å²) in [5.41, 5.74) is 1.45. The Morgan fingerprint density at radius 3 is 2.67 bits per heavy atom. The topological polar surface area (TPSA) is 53.7 Å². The molecule has 112 valence electrons. The minimum absolute atomic E-state index is 0.0785. The lowest BCUT2D eigenvalue weighted by atomic mass is 10.1. The fourth-order valence-electron chi connectivity index (χ4n) is 3.07. The van der Waals surface area contributed by atoms with Gasteiger partial charge in [0, 0.05) is 41.1 Å². The Bertz CT molecular complexity index is 657. The quantitative estimate of drug-likeness (QED) is 0.941. The number of aromatic carboxylic acids is 1. The van der Waals surface area contributed by atoms with Crippen LogP contribution in [0, 0.1) is 0 Å². The van der Waals surface area contributed by atoms with E-state index in [1.807, 2.05) is 36.0 Å². The van der Waals surface area contributed by atoms with Gasteiger partial charge in [-0.05, 0) is 6.07 Å². The second-order valence-corrected chi connectivity index (χ2v) is 7.54. The van der Waals surface area contributed by atoms with E-state index in [0.29, 0.717) is 22.6 Å². The average Bonchev–Trinajstić information content (AvgIpc) is 2.77. The van der Waals surface area contributed by atoms with E-state index >= 15 is 0 Å². The zero-order valence-corrected chi connectivity index (χ0v) is 13.0. The van der Waals surface area contributed by atoms with Crippen LogP contribution in [0.25, 0.3) is 11.0 Å². The van der Waals surface area contributed by atoms with Crippen LogP contribution in [-0.2, 0) is 6.54 Å². The summed E-state index contributed by atoms with van der Waals surface area (Å²) in [5.74, 6) is -0.914. The first-order valence-corrected chi connectivity index (χ1v) is 8.10. The van der Waals surface area contributed by atoms with Gasteiger partial charge in [-0.3, -0.25) is 4.90 Å². The van der Waals surface area contributed by atoms with E-state index in [-0.39, 0.29) is 5.76 Å². The van der Waals surface area contributed by atoms with Gasteiger partial charge in [0.1, 0.15) is 5.58 Å². The number of para-hydroxylation sites is 1. The van der Waals surface area contributed by atoms with Crippen LogP contribution in [-0.4, -0.2) is 39.6 Å². The highest BCUT2D eigenvalue weighted by Crippen LogP contribution is 2.30. The maximum Gasteiger partial charge on any atom is 0.372 e. The van der Waals surface area contributed by atoms with Crippen molar-refractivity contribution < 1.29 is 14.3 Å². The van der Waals surface area contributed by atoms with Crippen LogP contribution < -0.4 is 0 Å². The Kier molecular flexibility index (Phi) is 3.95. The Morgan fingerprint density at radius 1 is 1.33 bits per heavy atom. The zero-order chi connectivity index (χ0) is 15.0. The van der Waals surface area contributed by atoms with Gasteiger partial charge in [0.05, 0.1) is 0 Å². The molecule has 2 atom stereocenters. The summed E-state index contributed by atoms with van der Waals surface area (Å²) in [4.78, 5) is 13.8. The van der Waals surface area contributed by atoms with Crippen molar-refractivity contribution in [2.75, 3.05) is 13.1 Å². The standard InChI is InChI=1S/C16H19NO3S/c1-10-7-17(8-11(2)21-10)9-13-12-5-3-4-6-14(12)20-15(13)16(18)19/h3-6,10-11H,7-9H2,1-2H3,(H,18,19). The molecule has 1 N–H and O–H groups in total. The van der Waals surface area contributed by atoms with Crippen LogP contribution in [0.2, 0.25) is 0 Å². The van der Waals surface area contributed by atoms with E-state index in [4.69, 9.17) is 4.42 Å². The zero-order valence-electron chi connectivity index (χ0n) is 12.2. The minimum atomic E-state index is -0.992. The Labute approximate surface area is 128 Å². The van der Waals surface area contributed by atoms with Crippen molar-refractivity contribution in [2.45, 2.75) is 30.9 Å². The SMILES string of the molecule is CC1CN(Cc2c(C(=O)O)oc3ccccc23)CC(C)S1. The molecule has 1 saturated heterocycles. The van der Waals surface area contributed by atoms with Crippen LogP contribution in [0.5, 0.6) is 0 Å². The fraction of sp³-hybridized carbons (Fsp3) is 0.438. The van der Waals surface area contributed by atoms with E-state index in [0.717, 1.165) is 24.0 Å². The Morgan fingerprint density at radius 2 is 2.00 bits per heavy atom. The molecule has 2 heterocycles. The predicted octanol–water partition coefficient (Wildman–Crippen LogP) is 3.46. The first-order chi connectivity index (χ1) is 10.0. The molecular formula is C16H19NO3S. The van der Waals surface area contributed by atoms with E-state index < -0.39 is 5.97 Å². The van der Waals surface area contributed by atoms with Crippen molar-refractivity contribution in [1.82, 2.24) is 4.90 Å². The van der Waals surface area contributed by atoms with Gasteiger partial charge in [0.2, 0.25) is 5.76 Å². The Hall–Kier alpha value is -1.46. The molecule has 0 bridgehead atoms. The number of fused-ring (bicyclic) bond motifs is 1. The number of hydrogen-bond acceptors (Lipinski definition) is 4. The van der Waals surface area contributed by atoms with Gasteiger partial charge in [-0.2, -0.15) is 11.8 Å². The second-order valence-electron chi connectivity index (χ2n) is 5.66. The van der Waals surface area contributed by atoms with E-state index in [9.17, 15) is 9.90 Å². The maximum absolute atomic E-state index is 11.4. The third kappa shape index (κ3) is 2.94. The fourth-order valence-corrected chi connectivity index (χ4v) is 4.45. The molecule has 2 aromatic rings. The van der Waals surface area contributed by atoms with Crippen molar-refractivity contribution in [2.24, 2.45) is 0 Å². The van der Waals surface area contributed by atoms with Gasteiger partial charge < -0.3 is 9.52 Å². The molecule has 2 unspecified atom stereocenters. The molecule has 21 heavy (non-hydrogen) atoms. The molecule has 0 radical (unpaired) electrons. The molecular weight excluding hydrogens is 286 g/mol. The van der Waals surface area contributed by atoms with Gasteiger partial charge in [-0.25, -0.2) is 4.79 Å². The summed E-state index contributed by atoms with van der Waals surface area (Å²) in [6, 6.07) is 7.54. The van der Waals surface area contributed by atoms with Gasteiger partial charge >= 0.3 is 5.97 Å². The van der Waals surface area contributed by atoms with Gasteiger partial charge in [-0.15, -0.1) is 0 Å². The highest BCUT2D eigenvalue weighted by molar-refractivity contribution is 8.00. The largest absolute Gasteiger partial charge is 0.475 e. The van der Waals surface area contributed by atoms with Crippen molar-refractivity contribution in [3.8, 4) is 0 Å². The predicted molar refractivity (Wildman–Crippen MR) is 85.0 cm³/mol. The lowest BCUT2D eigenvalue weighted by molar-refractivity contribution is 0.0661. The van der Waals surface area contributed by atoms with Crippen molar-refractivity contribution in [1.29, 1.82) is 0 Å². The molecule has 4 nitrogen and oxygen atoms in total. The molecule has 1 aliphatic heterocycles. The number of furan rings is 1. The summed E-state index contributed by atoms with van der Waals surface area (Å²) < 4.78 is 5.52. The van der Waals surface area contributed by atoms with Crippen LogP contribution in [0.1, 0.15) is 30.0 Å². The monoisotopic (exact) mass is 305 g/mol. The summed E-state index contributed by atoms with van der Waals surface area (Å²) in [7, 11) is 0. The number of thioether (sulfide) groups is 1. The summed E-state index contributed by atoms with van der Waals surface area (Å²) in [6.07, 6.45) is 0.